The third-order valence-corrected chi connectivity index (χ3v) is 13.2. The zero-order valence-electron chi connectivity index (χ0n) is 39.3. The molecule has 0 atom stereocenters. The summed E-state index contributed by atoms with van der Waals surface area (Å²) in [5, 5.41) is 0. The molecule has 1 aromatic carbocycles. The van der Waals surface area contributed by atoms with E-state index >= 15 is 0 Å². The molecule has 0 aliphatic rings. The Balaban J connectivity index is 2.97. The van der Waals surface area contributed by atoms with Crippen molar-refractivity contribution in [2.45, 2.75) is 310 Å². The van der Waals surface area contributed by atoms with Gasteiger partial charge in [0.05, 0.1) is 0 Å². The summed E-state index contributed by atoms with van der Waals surface area (Å²) in [7, 11) is 0. The number of nitrogens with two attached hydrogens (primary N) is 2. The second kappa shape index (κ2) is 40.6. The van der Waals surface area contributed by atoms with Gasteiger partial charge in [0.15, 0.2) is 0 Å². The molecule has 0 amide bonds. The Morgan fingerprint density at radius 2 is 0.321 bits per heavy atom. The first kappa shape index (κ1) is 52.8. The van der Waals surface area contributed by atoms with Crippen LogP contribution in [0.4, 0.5) is 11.4 Å². The molecule has 0 fully saturated rings. The molecule has 330 valence electrons. The molecule has 2 nitrogen and oxygen atoms in total. The average Bonchev–Trinajstić information content (AvgIpc) is 3.20. The van der Waals surface area contributed by atoms with Gasteiger partial charge in [0.2, 0.25) is 0 Å². The molecule has 0 heterocycles. The Hall–Kier alpha value is -1.18. The number of unbranched alkanes of at least 4 members (excludes halogenated alkanes) is 36. The lowest BCUT2D eigenvalue weighted by Crippen LogP contribution is -2.14. The maximum absolute atomic E-state index is 7.38. The topological polar surface area (TPSA) is 52.0 Å². The molecule has 0 unspecified atom stereocenters. The van der Waals surface area contributed by atoms with Crippen LogP contribution in [0.1, 0.15) is 307 Å². The highest BCUT2D eigenvalue weighted by molar-refractivity contribution is 5.71. The molecule has 4 N–H and O–H groups in total. The van der Waals surface area contributed by atoms with Crippen LogP contribution >= 0.6 is 0 Å². The van der Waals surface area contributed by atoms with E-state index in [9.17, 15) is 0 Å². The van der Waals surface area contributed by atoms with Gasteiger partial charge in [-0.3, -0.25) is 0 Å². The van der Waals surface area contributed by atoms with E-state index in [2.05, 4.69) is 27.7 Å². The average molecular weight is 781 g/mol. The van der Waals surface area contributed by atoms with Gasteiger partial charge in [-0.25, -0.2) is 0 Å². The lowest BCUT2D eigenvalue weighted by Gasteiger charge is -2.24. The van der Waals surface area contributed by atoms with Crippen molar-refractivity contribution in [3.63, 3.8) is 0 Å². The first-order chi connectivity index (χ1) is 27.6. The lowest BCUT2D eigenvalue weighted by atomic mass is 9.84. The van der Waals surface area contributed by atoms with E-state index in [0.717, 1.165) is 37.1 Å². The minimum absolute atomic E-state index is 1.13. The van der Waals surface area contributed by atoms with Gasteiger partial charge in [-0.1, -0.05) is 259 Å². The fourth-order valence-electron chi connectivity index (χ4n) is 9.31. The summed E-state index contributed by atoms with van der Waals surface area (Å²) < 4.78 is 0. The van der Waals surface area contributed by atoms with E-state index in [-0.39, 0.29) is 0 Å². The molecular formula is C54H104N2. The van der Waals surface area contributed by atoms with Crippen molar-refractivity contribution < 1.29 is 0 Å². The summed E-state index contributed by atoms with van der Waals surface area (Å²) in [6, 6.07) is 0. The largest absolute Gasteiger partial charge is 0.398 e. The Morgan fingerprint density at radius 1 is 0.196 bits per heavy atom. The molecule has 0 aromatic heterocycles. The van der Waals surface area contributed by atoms with Crippen LogP contribution in [0, 0.1) is 0 Å². The van der Waals surface area contributed by atoms with Crippen LogP contribution < -0.4 is 11.5 Å². The van der Waals surface area contributed by atoms with E-state index < -0.39 is 0 Å². The lowest BCUT2D eigenvalue weighted by molar-refractivity contribution is 0.551. The van der Waals surface area contributed by atoms with Gasteiger partial charge in [-0.2, -0.15) is 0 Å². The van der Waals surface area contributed by atoms with Gasteiger partial charge in [0.25, 0.3) is 0 Å². The minimum atomic E-state index is 1.13. The first-order valence-electron chi connectivity index (χ1n) is 26.3. The van der Waals surface area contributed by atoms with Gasteiger partial charge < -0.3 is 11.5 Å². The summed E-state index contributed by atoms with van der Waals surface area (Å²) in [6.45, 7) is 9.26. The summed E-state index contributed by atoms with van der Waals surface area (Å²) in [4.78, 5) is 0. The first-order valence-corrected chi connectivity index (χ1v) is 26.3. The van der Waals surface area contributed by atoms with E-state index in [0.29, 0.717) is 0 Å². The fraction of sp³-hybridized carbons (Fsp3) is 0.889. The summed E-state index contributed by atoms with van der Waals surface area (Å²) >= 11 is 0. The van der Waals surface area contributed by atoms with Gasteiger partial charge in [-0.15, -0.1) is 0 Å². The quantitative estimate of drug-likeness (QED) is 0.0512. The SMILES string of the molecule is CCCCCCCCCCCCc1c(N)c(CCCCCCCCCCCC)c(CCCCCCCCCCCC)c(N)c1CCCCCCCCCCCC. The second-order valence-electron chi connectivity index (χ2n) is 18.5. The highest BCUT2D eigenvalue weighted by Crippen LogP contribution is 2.37. The second-order valence-corrected chi connectivity index (χ2v) is 18.5. The molecule has 0 bridgehead atoms. The molecule has 0 aliphatic carbocycles. The third kappa shape index (κ3) is 28.3. The Labute approximate surface area is 354 Å². The molecule has 0 radical (unpaired) electrons. The van der Waals surface area contributed by atoms with Crippen LogP contribution in [0.15, 0.2) is 0 Å². The number of hydrogen-bond acceptors (Lipinski definition) is 2. The van der Waals surface area contributed by atoms with Crippen LogP contribution in [0.5, 0.6) is 0 Å². The molecule has 1 aromatic rings. The van der Waals surface area contributed by atoms with Gasteiger partial charge in [-0.05, 0) is 73.6 Å². The highest BCUT2D eigenvalue weighted by Gasteiger charge is 2.20. The third-order valence-electron chi connectivity index (χ3n) is 13.2. The summed E-state index contributed by atoms with van der Waals surface area (Å²) in [5.41, 5.74) is 22.9. The zero-order chi connectivity index (χ0) is 40.6. The molecule has 0 spiro atoms. The number of rotatable bonds is 44. The van der Waals surface area contributed by atoms with Gasteiger partial charge in [0.1, 0.15) is 0 Å². The molecule has 0 saturated heterocycles. The molecule has 0 saturated carbocycles. The monoisotopic (exact) mass is 781 g/mol. The Morgan fingerprint density at radius 3 is 0.464 bits per heavy atom. The van der Waals surface area contributed by atoms with Crippen molar-refractivity contribution >= 4 is 11.4 Å². The minimum Gasteiger partial charge on any atom is -0.398 e. The maximum Gasteiger partial charge on any atom is 0.0386 e. The zero-order valence-corrected chi connectivity index (χ0v) is 39.3. The van der Waals surface area contributed by atoms with Crippen LogP contribution in [-0.2, 0) is 25.7 Å². The predicted molar refractivity (Wildman–Crippen MR) is 257 cm³/mol. The normalized spacial score (nSPS) is 11.6. The van der Waals surface area contributed by atoms with Gasteiger partial charge >= 0.3 is 0 Å². The van der Waals surface area contributed by atoms with Crippen molar-refractivity contribution in [1.82, 2.24) is 0 Å². The molecule has 1 rings (SSSR count). The summed E-state index contributed by atoms with van der Waals surface area (Å²) in [5.74, 6) is 0. The van der Waals surface area contributed by atoms with E-state index in [4.69, 9.17) is 11.5 Å². The highest BCUT2D eigenvalue weighted by atomic mass is 14.6. The molecule has 2 heteroatoms. The van der Waals surface area contributed by atoms with E-state index in [1.54, 1.807) is 0 Å². The fourth-order valence-corrected chi connectivity index (χ4v) is 9.31. The Bertz CT molecular complexity index is 816. The standard InChI is InChI=1S/C54H104N2/c1-5-9-13-17-21-25-29-33-37-41-45-49-50(46-42-38-34-30-26-22-18-14-10-6-2)54(56)52(48-44-40-36-32-28-24-20-16-12-8-4)51(53(49)55)47-43-39-35-31-27-23-19-15-11-7-3/h5-48,55-56H2,1-4H3. The molecular weight excluding hydrogens is 677 g/mol. The van der Waals surface area contributed by atoms with Crippen LogP contribution in [-0.4, -0.2) is 0 Å². The number of nitrogen functional groups attached to an aromatic ring is 2. The number of hydrogen-bond donors (Lipinski definition) is 2. The van der Waals surface area contributed by atoms with Crippen molar-refractivity contribution in [2.75, 3.05) is 11.5 Å². The predicted octanol–water partition coefficient (Wildman–Crippen LogP) is 18.7. The molecule has 0 aliphatic heterocycles. The van der Waals surface area contributed by atoms with Crippen molar-refractivity contribution in [1.29, 1.82) is 0 Å². The van der Waals surface area contributed by atoms with Crippen molar-refractivity contribution in [2.24, 2.45) is 0 Å². The molecule has 56 heavy (non-hydrogen) atoms. The van der Waals surface area contributed by atoms with E-state index in [1.807, 2.05) is 0 Å². The summed E-state index contributed by atoms with van der Waals surface area (Å²) in [6.07, 6.45) is 59.8. The van der Waals surface area contributed by atoms with Gasteiger partial charge in [0, 0.05) is 11.4 Å². The maximum atomic E-state index is 7.38. The Kier molecular flexibility index (Phi) is 38.3. The van der Waals surface area contributed by atoms with Crippen LogP contribution in [0.3, 0.4) is 0 Å². The number of benzene rings is 1. The van der Waals surface area contributed by atoms with Crippen LogP contribution in [0.2, 0.25) is 0 Å². The smallest absolute Gasteiger partial charge is 0.0386 e. The van der Waals surface area contributed by atoms with E-state index in [1.165, 1.54) is 279 Å². The van der Waals surface area contributed by atoms with Crippen molar-refractivity contribution in [3.8, 4) is 0 Å². The van der Waals surface area contributed by atoms with Crippen LogP contribution in [0.25, 0.3) is 0 Å². The van der Waals surface area contributed by atoms with Crippen molar-refractivity contribution in [3.05, 3.63) is 22.3 Å². The number of anilines is 2.